The monoisotopic (exact) mass is 382 g/mol. The number of carbonyl (C=O) groups excluding carboxylic acids is 1. The molecule has 1 N–H and O–H groups in total. The summed E-state index contributed by atoms with van der Waals surface area (Å²) < 4.78 is -0.577. The van der Waals surface area contributed by atoms with Crippen molar-refractivity contribution in [2.45, 2.75) is 28.5 Å². The maximum absolute atomic E-state index is 12.6. The first-order valence-electron chi connectivity index (χ1n) is 8.55. The first-order chi connectivity index (χ1) is 12.5. The first-order valence-corrected chi connectivity index (χ1v) is 10.4. The Kier molecular flexibility index (Phi) is 6.22. The van der Waals surface area contributed by atoms with Gasteiger partial charge in [-0.2, -0.15) is 0 Å². The van der Waals surface area contributed by atoms with Gasteiger partial charge in [-0.1, -0.05) is 54.2 Å². The van der Waals surface area contributed by atoms with E-state index in [2.05, 4.69) is 28.5 Å². The number of nitrogens with zero attached hydrogens (tertiary/aromatic N) is 1. The van der Waals surface area contributed by atoms with Gasteiger partial charge in [-0.15, -0.1) is 11.8 Å². The van der Waals surface area contributed by atoms with Crippen LogP contribution in [0, 0.1) is 0 Å². The van der Waals surface area contributed by atoms with Gasteiger partial charge in [-0.25, -0.2) is 4.98 Å². The van der Waals surface area contributed by atoms with Gasteiger partial charge in [0.1, 0.15) is 0 Å². The minimum absolute atomic E-state index is 0.0334. The number of nitrogens with one attached hydrogen (secondary N) is 1. The fourth-order valence-electron chi connectivity index (χ4n) is 2.47. The van der Waals surface area contributed by atoms with Crippen molar-refractivity contribution < 1.29 is 4.79 Å². The Labute approximate surface area is 163 Å². The number of aromatic nitrogens is 1. The van der Waals surface area contributed by atoms with Gasteiger partial charge in [-0.05, 0) is 38.1 Å². The summed E-state index contributed by atoms with van der Waals surface area (Å²) in [5.41, 5.74) is 0.952. The number of benzene rings is 2. The highest BCUT2D eigenvalue weighted by Gasteiger charge is 2.29. The zero-order chi connectivity index (χ0) is 18.4. The molecule has 0 unspecified atom stereocenters. The molecule has 0 atom stereocenters. The lowest BCUT2D eigenvalue weighted by Gasteiger charge is -2.22. The van der Waals surface area contributed by atoms with Crippen LogP contribution in [0.3, 0.4) is 0 Å². The summed E-state index contributed by atoms with van der Waals surface area (Å²) in [6.45, 7) is 4.52. The molecule has 3 aromatic rings. The van der Waals surface area contributed by atoms with E-state index >= 15 is 0 Å². The van der Waals surface area contributed by atoms with E-state index in [1.54, 1.807) is 11.8 Å². The highest BCUT2D eigenvalue weighted by atomic mass is 32.2. The van der Waals surface area contributed by atoms with Crippen molar-refractivity contribution in [2.24, 2.45) is 0 Å². The third kappa shape index (κ3) is 5.02. The molecule has 0 bridgehead atoms. The molecule has 2 aromatic carbocycles. The third-order valence-electron chi connectivity index (χ3n) is 3.88. The van der Waals surface area contributed by atoms with Gasteiger partial charge in [0.05, 0.1) is 15.3 Å². The van der Waals surface area contributed by atoms with Crippen LogP contribution >= 0.6 is 23.5 Å². The lowest BCUT2D eigenvalue weighted by atomic mass is 10.2. The molecule has 0 radical (unpaired) electrons. The van der Waals surface area contributed by atoms with E-state index in [0.717, 1.165) is 21.7 Å². The summed E-state index contributed by atoms with van der Waals surface area (Å²) in [6.07, 6.45) is 0. The summed E-state index contributed by atoms with van der Waals surface area (Å²) in [5.74, 6) is 0.885. The van der Waals surface area contributed by atoms with E-state index in [9.17, 15) is 4.79 Å². The number of fused-ring (bicyclic) bond motifs is 1. The fourth-order valence-corrected chi connectivity index (χ4v) is 4.23. The molecule has 0 spiro atoms. The molecule has 0 saturated carbocycles. The van der Waals surface area contributed by atoms with Crippen molar-refractivity contribution in [1.29, 1.82) is 0 Å². The highest BCUT2D eigenvalue weighted by Crippen LogP contribution is 2.32. The van der Waals surface area contributed by atoms with Crippen LogP contribution in [0.1, 0.15) is 13.8 Å². The van der Waals surface area contributed by atoms with Crippen LogP contribution in [0.25, 0.3) is 10.9 Å². The molecule has 0 saturated heterocycles. The quantitative estimate of drug-likeness (QED) is 0.460. The van der Waals surface area contributed by atoms with Crippen molar-refractivity contribution >= 4 is 40.3 Å². The number of para-hydroxylation sites is 1. The standard InChI is InChI=1S/C21H22N2OS2/c1-21(2,20(24)22-14-15-25-17-9-4-3-5-10-17)26-19-13-12-16-8-6-7-11-18(16)23-19/h3-13H,14-15H2,1-2H3,(H,22,24). The predicted octanol–water partition coefficient (Wildman–Crippen LogP) is 5.01. The van der Waals surface area contributed by atoms with Gasteiger partial charge in [0.25, 0.3) is 0 Å². The number of hydrogen-bond acceptors (Lipinski definition) is 4. The van der Waals surface area contributed by atoms with Gasteiger partial charge in [0.2, 0.25) is 5.91 Å². The Hall–Kier alpha value is -1.98. The van der Waals surface area contributed by atoms with Crippen LogP contribution in [0.15, 0.2) is 76.7 Å². The fraction of sp³-hybridized carbons (Fsp3) is 0.238. The van der Waals surface area contributed by atoms with Crippen LogP contribution in [-0.4, -0.2) is 27.9 Å². The number of amides is 1. The second-order valence-electron chi connectivity index (χ2n) is 6.37. The third-order valence-corrected chi connectivity index (χ3v) is 6.02. The Bertz CT molecular complexity index is 881. The molecule has 5 heteroatoms. The minimum Gasteiger partial charge on any atom is -0.354 e. The minimum atomic E-state index is -0.577. The van der Waals surface area contributed by atoms with Gasteiger partial charge >= 0.3 is 0 Å². The molecular weight excluding hydrogens is 360 g/mol. The summed E-state index contributed by atoms with van der Waals surface area (Å²) in [5, 5.41) is 5.01. The van der Waals surface area contributed by atoms with Crippen molar-refractivity contribution in [1.82, 2.24) is 10.3 Å². The summed E-state index contributed by atoms with van der Waals surface area (Å²) in [7, 11) is 0. The molecular formula is C21H22N2OS2. The number of thioether (sulfide) groups is 2. The van der Waals surface area contributed by atoms with E-state index in [1.807, 2.05) is 62.4 Å². The van der Waals surface area contributed by atoms with E-state index in [0.29, 0.717) is 6.54 Å². The molecule has 1 amide bonds. The molecule has 0 aliphatic carbocycles. The molecule has 0 fully saturated rings. The van der Waals surface area contributed by atoms with Gasteiger partial charge in [0.15, 0.2) is 0 Å². The Morgan fingerprint density at radius 1 is 1.00 bits per heavy atom. The van der Waals surface area contributed by atoms with Crippen LogP contribution < -0.4 is 5.32 Å². The maximum Gasteiger partial charge on any atom is 0.236 e. The second-order valence-corrected chi connectivity index (χ2v) is 9.18. The normalized spacial score (nSPS) is 11.5. The Morgan fingerprint density at radius 2 is 1.73 bits per heavy atom. The van der Waals surface area contributed by atoms with E-state index in [4.69, 9.17) is 0 Å². The Morgan fingerprint density at radius 3 is 2.54 bits per heavy atom. The number of hydrogen-bond donors (Lipinski definition) is 1. The van der Waals surface area contributed by atoms with Crippen molar-refractivity contribution in [3.05, 3.63) is 66.7 Å². The first kappa shape index (κ1) is 18.8. The lowest BCUT2D eigenvalue weighted by molar-refractivity contribution is -0.122. The largest absolute Gasteiger partial charge is 0.354 e. The molecule has 1 heterocycles. The predicted molar refractivity (Wildman–Crippen MR) is 112 cm³/mol. The molecule has 26 heavy (non-hydrogen) atoms. The zero-order valence-electron chi connectivity index (χ0n) is 14.9. The van der Waals surface area contributed by atoms with Crippen molar-refractivity contribution in [3.8, 4) is 0 Å². The van der Waals surface area contributed by atoms with Crippen LogP contribution in [0.5, 0.6) is 0 Å². The van der Waals surface area contributed by atoms with E-state index in [-0.39, 0.29) is 5.91 Å². The lowest BCUT2D eigenvalue weighted by Crippen LogP contribution is -2.40. The molecule has 3 nitrogen and oxygen atoms in total. The summed E-state index contributed by atoms with van der Waals surface area (Å²) in [6, 6.07) is 22.3. The SMILES string of the molecule is CC(C)(Sc1ccc2ccccc2n1)C(=O)NCCSc1ccccc1. The van der Waals surface area contributed by atoms with E-state index in [1.165, 1.54) is 16.7 Å². The molecule has 1 aromatic heterocycles. The van der Waals surface area contributed by atoms with Crippen molar-refractivity contribution in [3.63, 3.8) is 0 Å². The van der Waals surface area contributed by atoms with Gasteiger partial charge in [0, 0.05) is 22.6 Å². The zero-order valence-corrected chi connectivity index (χ0v) is 16.6. The number of rotatable bonds is 7. The number of pyridine rings is 1. The topological polar surface area (TPSA) is 42.0 Å². The van der Waals surface area contributed by atoms with Gasteiger partial charge < -0.3 is 5.32 Å². The van der Waals surface area contributed by atoms with Crippen LogP contribution in [-0.2, 0) is 4.79 Å². The van der Waals surface area contributed by atoms with Crippen LogP contribution in [0.2, 0.25) is 0 Å². The number of carbonyl (C=O) groups is 1. The second kappa shape index (κ2) is 8.60. The molecule has 0 aliphatic heterocycles. The van der Waals surface area contributed by atoms with Crippen LogP contribution in [0.4, 0.5) is 0 Å². The summed E-state index contributed by atoms with van der Waals surface area (Å²) in [4.78, 5) is 18.5. The van der Waals surface area contributed by atoms with Gasteiger partial charge in [-0.3, -0.25) is 4.79 Å². The Balaban J connectivity index is 1.53. The molecule has 3 rings (SSSR count). The average Bonchev–Trinajstić information content (AvgIpc) is 2.65. The van der Waals surface area contributed by atoms with Crippen molar-refractivity contribution in [2.75, 3.05) is 12.3 Å². The average molecular weight is 383 g/mol. The smallest absolute Gasteiger partial charge is 0.236 e. The molecule has 0 aliphatic rings. The summed E-state index contributed by atoms with van der Waals surface area (Å²) >= 11 is 3.24. The molecule has 134 valence electrons. The van der Waals surface area contributed by atoms with E-state index < -0.39 is 4.75 Å². The highest BCUT2D eigenvalue weighted by molar-refractivity contribution is 8.01. The maximum atomic E-state index is 12.6.